The molecule has 21 heavy (non-hydrogen) atoms. The maximum Gasteiger partial charge on any atom is 0.320 e. The van der Waals surface area contributed by atoms with E-state index in [1.807, 2.05) is 0 Å². The summed E-state index contributed by atoms with van der Waals surface area (Å²) in [5, 5.41) is 12.0. The molecular weight excluding hydrogens is 299 g/mol. The van der Waals surface area contributed by atoms with Crippen molar-refractivity contribution in [2.75, 3.05) is 13.1 Å². The molecule has 0 saturated carbocycles. The van der Waals surface area contributed by atoms with Gasteiger partial charge in [0.05, 0.1) is 0 Å². The zero-order valence-electron chi connectivity index (χ0n) is 11.9. The summed E-state index contributed by atoms with van der Waals surface area (Å²) in [7, 11) is 0. The number of hydrogen-bond acceptors (Lipinski definition) is 3. The summed E-state index contributed by atoms with van der Waals surface area (Å²) in [5.74, 6) is -1.64. The van der Waals surface area contributed by atoms with Crippen molar-refractivity contribution in [2.45, 2.75) is 26.4 Å². The summed E-state index contributed by atoms with van der Waals surface area (Å²) >= 11 is 5.79. The minimum atomic E-state index is -0.986. The molecular formula is C14H18ClFN2O3. The predicted molar refractivity (Wildman–Crippen MR) is 77.6 cm³/mol. The van der Waals surface area contributed by atoms with Gasteiger partial charge < -0.3 is 10.4 Å². The minimum Gasteiger partial charge on any atom is -0.480 e. The normalized spacial score (nSPS) is 12.2. The molecule has 2 N–H and O–H groups in total. The number of rotatable bonds is 7. The molecule has 0 aliphatic rings. The van der Waals surface area contributed by atoms with E-state index < -0.39 is 17.8 Å². The first kappa shape index (κ1) is 17.4. The fraction of sp³-hybridized carbons (Fsp3) is 0.429. The van der Waals surface area contributed by atoms with Crippen molar-refractivity contribution in [3.05, 3.63) is 34.6 Å². The average molecular weight is 317 g/mol. The molecule has 0 fully saturated rings. The lowest BCUT2D eigenvalue weighted by molar-refractivity contribution is -0.142. The number of carbonyl (C=O) groups is 2. The molecule has 1 amide bonds. The molecule has 1 atom stereocenters. The Morgan fingerprint density at radius 1 is 1.43 bits per heavy atom. The van der Waals surface area contributed by atoms with Gasteiger partial charge in [-0.2, -0.15) is 0 Å². The second-order valence-corrected chi connectivity index (χ2v) is 5.18. The lowest BCUT2D eigenvalue weighted by Crippen LogP contribution is -2.42. The molecule has 7 heteroatoms. The Kier molecular flexibility index (Phi) is 6.58. The van der Waals surface area contributed by atoms with Crippen molar-refractivity contribution < 1.29 is 19.1 Å². The van der Waals surface area contributed by atoms with Gasteiger partial charge in [-0.3, -0.25) is 14.5 Å². The number of halogens is 2. The van der Waals surface area contributed by atoms with Crippen molar-refractivity contribution >= 4 is 23.5 Å². The average Bonchev–Trinajstić information content (AvgIpc) is 2.34. The van der Waals surface area contributed by atoms with Gasteiger partial charge in [0, 0.05) is 31.6 Å². The van der Waals surface area contributed by atoms with Crippen LogP contribution in [-0.4, -0.2) is 41.0 Å². The van der Waals surface area contributed by atoms with Crippen LogP contribution in [0.5, 0.6) is 0 Å². The first-order valence-electron chi connectivity index (χ1n) is 6.46. The molecule has 1 unspecified atom stereocenters. The van der Waals surface area contributed by atoms with Crippen LogP contribution in [0.2, 0.25) is 5.02 Å². The quantitative estimate of drug-likeness (QED) is 0.806. The van der Waals surface area contributed by atoms with Gasteiger partial charge in [0.25, 0.3) is 0 Å². The van der Waals surface area contributed by atoms with Crippen molar-refractivity contribution in [3.63, 3.8) is 0 Å². The van der Waals surface area contributed by atoms with E-state index in [1.165, 1.54) is 26.0 Å². The smallest absolute Gasteiger partial charge is 0.320 e. The van der Waals surface area contributed by atoms with Gasteiger partial charge in [0.15, 0.2) is 0 Å². The molecule has 0 radical (unpaired) electrons. The maximum absolute atomic E-state index is 13.3. The summed E-state index contributed by atoms with van der Waals surface area (Å²) in [5.41, 5.74) is 0.580. The number of amides is 1. The van der Waals surface area contributed by atoms with E-state index in [4.69, 9.17) is 16.7 Å². The number of hydrogen-bond donors (Lipinski definition) is 2. The number of carboxylic acid groups (broad SMARTS) is 1. The Labute approximate surface area is 127 Å². The highest BCUT2D eigenvalue weighted by molar-refractivity contribution is 6.30. The topological polar surface area (TPSA) is 69.6 Å². The highest BCUT2D eigenvalue weighted by Crippen LogP contribution is 2.16. The summed E-state index contributed by atoms with van der Waals surface area (Å²) < 4.78 is 13.3. The molecule has 0 bridgehead atoms. The molecule has 1 rings (SSSR count). The van der Waals surface area contributed by atoms with Crippen LogP contribution in [-0.2, 0) is 16.1 Å². The molecule has 0 aliphatic heterocycles. The van der Waals surface area contributed by atoms with Crippen LogP contribution in [0.25, 0.3) is 0 Å². The lowest BCUT2D eigenvalue weighted by Gasteiger charge is -2.26. The molecule has 0 aromatic heterocycles. The van der Waals surface area contributed by atoms with E-state index in [1.54, 1.807) is 11.0 Å². The van der Waals surface area contributed by atoms with E-state index in [0.29, 0.717) is 18.7 Å². The number of nitrogens with zero attached hydrogens (tertiary/aromatic N) is 1. The number of benzene rings is 1. The van der Waals surface area contributed by atoms with Crippen LogP contribution in [0.15, 0.2) is 18.2 Å². The van der Waals surface area contributed by atoms with Crippen molar-refractivity contribution in [3.8, 4) is 0 Å². The van der Waals surface area contributed by atoms with Gasteiger partial charge >= 0.3 is 5.97 Å². The molecule has 5 nitrogen and oxygen atoms in total. The molecule has 1 aromatic carbocycles. The number of aliphatic carboxylic acids is 1. The summed E-state index contributed by atoms with van der Waals surface area (Å²) in [6.07, 6.45) is 0. The second-order valence-electron chi connectivity index (χ2n) is 4.75. The predicted octanol–water partition coefficient (Wildman–Crippen LogP) is 1.89. The zero-order chi connectivity index (χ0) is 16.0. The Bertz CT molecular complexity index is 505. The monoisotopic (exact) mass is 316 g/mol. The number of carboxylic acids is 1. The molecule has 0 heterocycles. The minimum absolute atomic E-state index is 0.188. The van der Waals surface area contributed by atoms with Crippen molar-refractivity contribution in [1.82, 2.24) is 10.2 Å². The summed E-state index contributed by atoms with van der Waals surface area (Å²) in [4.78, 5) is 23.6. The Morgan fingerprint density at radius 2 is 2.10 bits per heavy atom. The van der Waals surface area contributed by atoms with E-state index in [0.717, 1.165) is 0 Å². The summed E-state index contributed by atoms with van der Waals surface area (Å²) in [6, 6.07) is 3.32. The second kappa shape index (κ2) is 7.95. The highest BCUT2D eigenvalue weighted by Gasteiger charge is 2.20. The third kappa shape index (κ3) is 6.10. The standard InChI is InChI=1S/C14H18ClFN2O3/c1-9(14(20)21)18(4-3-17-10(2)19)8-11-5-12(15)7-13(16)6-11/h5-7,9H,3-4,8H2,1-2H3,(H,17,19)(H,20,21). The third-order valence-electron chi connectivity index (χ3n) is 2.99. The largest absolute Gasteiger partial charge is 0.480 e. The van der Waals surface area contributed by atoms with Crippen LogP contribution in [0.1, 0.15) is 19.4 Å². The van der Waals surface area contributed by atoms with E-state index in [2.05, 4.69) is 5.32 Å². The molecule has 0 spiro atoms. The molecule has 116 valence electrons. The van der Waals surface area contributed by atoms with Crippen LogP contribution in [0.3, 0.4) is 0 Å². The van der Waals surface area contributed by atoms with Crippen LogP contribution >= 0.6 is 11.6 Å². The zero-order valence-corrected chi connectivity index (χ0v) is 12.7. The lowest BCUT2D eigenvalue weighted by atomic mass is 10.1. The number of carbonyl (C=O) groups excluding carboxylic acids is 1. The summed E-state index contributed by atoms with van der Waals surface area (Å²) in [6.45, 7) is 3.80. The van der Waals surface area contributed by atoms with Crippen LogP contribution < -0.4 is 5.32 Å². The van der Waals surface area contributed by atoms with Crippen LogP contribution in [0.4, 0.5) is 4.39 Å². The van der Waals surface area contributed by atoms with E-state index in [9.17, 15) is 14.0 Å². The van der Waals surface area contributed by atoms with Gasteiger partial charge in [0.1, 0.15) is 11.9 Å². The van der Waals surface area contributed by atoms with E-state index >= 15 is 0 Å². The van der Waals surface area contributed by atoms with Gasteiger partial charge in [-0.15, -0.1) is 0 Å². The van der Waals surface area contributed by atoms with E-state index in [-0.39, 0.29) is 17.5 Å². The van der Waals surface area contributed by atoms with Crippen molar-refractivity contribution in [2.24, 2.45) is 0 Å². The molecule has 0 aliphatic carbocycles. The fourth-order valence-electron chi connectivity index (χ4n) is 1.88. The first-order chi connectivity index (χ1) is 9.79. The maximum atomic E-state index is 13.3. The van der Waals surface area contributed by atoms with Crippen LogP contribution in [0, 0.1) is 5.82 Å². The van der Waals surface area contributed by atoms with Gasteiger partial charge in [-0.05, 0) is 30.7 Å². The number of nitrogens with one attached hydrogen (secondary N) is 1. The SMILES string of the molecule is CC(=O)NCCN(Cc1cc(F)cc(Cl)c1)C(C)C(=O)O. The van der Waals surface area contributed by atoms with Gasteiger partial charge in [0.2, 0.25) is 5.91 Å². The first-order valence-corrected chi connectivity index (χ1v) is 6.83. The fourth-order valence-corrected chi connectivity index (χ4v) is 2.12. The Morgan fingerprint density at radius 3 is 2.62 bits per heavy atom. The Hall–Kier alpha value is -1.66. The highest BCUT2D eigenvalue weighted by atomic mass is 35.5. The van der Waals surface area contributed by atoms with Gasteiger partial charge in [-0.1, -0.05) is 11.6 Å². The Balaban J connectivity index is 2.80. The van der Waals surface area contributed by atoms with Crippen molar-refractivity contribution in [1.29, 1.82) is 0 Å². The van der Waals surface area contributed by atoms with Gasteiger partial charge in [-0.25, -0.2) is 4.39 Å². The molecule has 0 saturated heterocycles. The molecule has 1 aromatic rings. The third-order valence-corrected chi connectivity index (χ3v) is 3.20.